The molecule has 0 atom stereocenters. The van der Waals surface area contributed by atoms with Crippen LogP contribution in [0, 0.1) is 13.8 Å². The molecule has 1 aromatic carbocycles. The first-order chi connectivity index (χ1) is 14.6. The van der Waals surface area contributed by atoms with Crippen LogP contribution in [0.2, 0.25) is 0 Å². The number of amides is 2. The maximum absolute atomic E-state index is 12.6. The first-order valence-electron chi connectivity index (χ1n) is 10.9. The van der Waals surface area contributed by atoms with E-state index in [1.807, 2.05) is 49.1 Å². The Balaban J connectivity index is 1.43. The molecule has 3 rings (SSSR count). The smallest absolute Gasteiger partial charge is 0.251 e. The van der Waals surface area contributed by atoms with Crippen LogP contribution in [0.15, 0.2) is 30.3 Å². The molecule has 0 aliphatic carbocycles. The van der Waals surface area contributed by atoms with Crippen molar-refractivity contribution in [3.8, 4) is 0 Å². The Morgan fingerprint density at radius 2 is 1.65 bits per heavy atom. The molecule has 1 aliphatic rings. The minimum absolute atomic E-state index is 0.0522. The number of nitrogens with one attached hydrogen (secondary N) is 1. The molecule has 2 heterocycles. The van der Waals surface area contributed by atoms with Gasteiger partial charge in [0.05, 0.1) is 0 Å². The lowest BCUT2D eigenvalue weighted by atomic mass is 9.87. The van der Waals surface area contributed by atoms with E-state index in [1.165, 1.54) is 5.56 Å². The summed E-state index contributed by atoms with van der Waals surface area (Å²) in [5.74, 6) is 1.60. The van der Waals surface area contributed by atoms with Crippen molar-refractivity contribution in [2.45, 2.75) is 46.5 Å². The summed E-state index contributed by atoms with van der Waals surface area (Å²) < 4.78 is 0. The van der Waals surface area contributed by atoms with Crippen LogP contribution in [0.1, 0.15) is 54.6 Å². The van der Waals surface area contributed by atoms with Gasteiger partial charge in [-0.25, -0.2) is 9.97 Å². The van der Waals surface area contributed by atoms with Crippen molar-refractivity contribution in [1.82, 2.24) is 20.2 Å². The summed E-state index contributed by atoms with van der Waals surface area (Å²) in [6, 6.07) is 9.63. The number of carbonyl (C=O) groups excluding carboxylic acids is 2. The van der Waals surface area contributed by atoms with E-state index < -0.39 is 0 Å². The van der Waals surface area contributed by atoms with E-state index in [4.69, 9.17) is 0 Å². The average molecular weight is 424 g/mol. The van der Waals surface area contributed by atoms with E-state index in [-0.39, 0.29) is 17.2 Å². The molecule has 1 aliphatic heterocycles. The molecular formula is C24H33N5O2. The molecule has 7 heteroatoms. The molecule has 1 saturated heterocycles. The number of anilines is 1. The molecule has 2 amide bonds. The molecule has 1 aromatic heterocycles. The number of carbonyl (C=O) groups is 2. The van der Waals surface area contributed by atoms with Crippen LogP contribution in [0.3, 0.4) is 0 Å². The Morgan fingerprint density at radius 3 is 2.23 bits per heavy atom. The lowest BCUT2D eigenvalue weighted by Crippen LogP contribution is -2.49. The highest BCUT2D eigenvalue weighted by Crippen LogP contribution is 2.22. The molecule has 0 saturated carbocycles. The Bertz CT molecular complexity index is 906. The Kier molecular flexibility index (Phi) is 6.93. The fraction of sp³-hybridized carbons (Fsp3) is 0.500. The highest BCUT2D eigenvalue weighted by Gasteiger charge is 2.22. The van der Waals surface area contributed by atoms with E-state index in [0.29, 0.717) is 31.6 Å². The van der Waals surface area contributed by atoms with Gasteiger partial charge in [0.25, 0.3) is 5.91 Å². The van der Waals surface area contributed by atoms with Crippen LogP contribution >= 0.6 is 0 Å². The zero-order valence-electron chi connectivity index (χ0n) is 19.2. The van der Waals surface area contributed by atoms with Crippen molar-refractivity contribution < 1.29 is 9.59 Å². The van der Waals surface area contributed by atoms with E-state index in [2.05, 4.69) is 41.0 Å². The summed E-state index contributed by atoms with van der Waals surface area (Å²) in [5.41, 5.74) is 2.80. The molecule has 1 N–H and O–H groups in total. The Labute approximate surface area is 184 Å². The van der Waals surface area contributed by atoms with Crippen LogP contribution in [-0.2, 0) is 10.2 Å². The van der Waals surface area contributed by atoms with Crippen molar-refractivity contribution in [2.75, 3.05) is 37.6 Å². The topological polar surface area (TPSA) is 78.4 Å². The van der Waals surface area contributed by atoms with E-state index in [1.54, 1.807) is 0 Å². The number of hydrogen-bond acceptors (Lipinski definition) is 5. The lowest BCUT2D eigenvalue weighted by molar-refractivity contribution is -0.131. The number of nitrogens with zero attached hydrogens (tertiary/aromatic N) is 4. The molecule has 7 nitrogen and oxygen atoms in total. The number of benzene rings is 1. The van der Waals surface area contributed by atoms with Crippen molar-refractivity contribution in [3.63, 3.8) is 0 Å². The largest absolute Gasteiger partial charge is 0.353 e. The van der Waals surface area contributed by atoms with Gasteiger partial charge in [-0.2, -0.15) is 0 Å². The maximum Gasteiger partial charge on any atom is 0.251 e. The number of rotatable bonds is 5. The van der Waals surface area contributed by atoms with Gasteiger partial charge in [-0.1, -0.05) is 32.9 Å². The van der Waals surface area contributed by atoms with Gasteiger partial charge in [-0.05, 0) is 37.0 Å². The molecule has 31 heavy (non-hydrogen) atoms. The molecule has 0 spiro atoms. The van der Waals surface area contributed by atoms with Gasteiger partial charge < -0.3 is 15.1 Å². The maximum atomic E-state index is 12.6. The molecule has 0 unspecified atom stereocenters. The van der Waals surface area contributed by atoms with Crippen molar-refractivity contribution in [1.29, 1.82) is 0 Å². The second-order valence-electron chi connectivity index (χ2n) is 9.12. The second-order valence-corrected chi connectivity index (χ2v) is 9.12. The van der Waals surface area contributed by atoms with E-state index in [9.17, 15) is 9.59 Å². The van der Waals surface area contributed by atoms with Crippen molar-refractivity contribution in [3.05, 3.63) is 53.0 Å². The zero-order valence-corrected chi connectivity index (χ0v) is 19.2. The summed E-state index contributed by atoms with van der Waals surface area (Å²) in [5, 5.41) is 2.86. The second kappa shape index (κ2) is 9.45. The third-order valence-corrected chi connectivity index (χ3v) is 5.55. The Hall–Kier alpha value is -2.96. The molecule has 0 bridgehead atoms. The van der Waals surface area contributed by atoms with Crippen LogP contribution in [-0.4, -0.2) is 59.4 Å². The predicted molar refractivity (Wildman–Crippen MR) is 122 cm³/mol. The Morgan fingerprint density at radius 1 is 1.00 bits per heavy atom. The normalized spacial score (nSPS) is 14.5. The van der Waals surface area contributed by atoms with E-state index in [0.717, 1.165) is 30.4 Å². The van der Waals surface area contributed by atoms with E-state index >= 15 is 0 Å². The molecule has 2 aromatic rings. The highest BCUT2D eigenvalue weighted by atomic mass is 16.2. The highest BCUT2D eigenvalue weighted by molar-refractivity contribution is 5.94. The zero-order chi connectivity index (χ0) is 22.6. The fourth-order valence-electron chi connectivity index (χ4n) is 3.71. The summed E-state index contributed by atoms with van der Waals surface area (Å²) in [4.78, 5) is 37.8. The molecule has 1 fully saturated rings. The lowest BCUT2D eigenvalue weighted by Gasteiger charge is -2.35. The summed E-state index contributed by atoms with van der Waals surface area (Å²) in [7, 11) is 0. The van der Waals surface area contributed by atoms with Gasteiger partial charge in [0.15, 0.2) is 0 Å². The fourth-order valence-corrected chi connectivity index (χ4v) is 3.71. The van der Waals surface area contributed by atoms with Crippen LogP contribution < -0.4 is 10.2 Å². The van der Waals surface area contributed by atoms with Gasteiger partial charge in [0, 0.05) is 56.5 Å². The van der Waals surface area contributed by atoms with Gasteiger partial charge in [0.1, 0.15) is 11.6 Å². The first-order valence-corrected chi connectivity index (χ1v) is 10.9. The van der Waals surface area contributed by atoms with Gasteiger partial charge in [-0.3, -0.25) is 9.59 Å². The number of piperazine rings is 1. The quantitative estimate of drug-likeness (QED) is 0.800. The third kappa shape index (κ3) is 6.03. The molecule has 166 valence electrons. The van der Waals surface area contributed by atoms with Gasteiger partial charge in [0.2, 0.25) is 5.91 Å². The van der Waals surface area contributed by atoms with Crippen LogP contribution in [0.4, 0.5) is 5.82 Å². The van der Waals surface area contributed by atoms with Crippen molar-refractivity contribution in [2.24, 2.45) is 0 Å². The third-order valence-electron chi connectivity index (χ3n) is 5.55. The predicted octanol–water partition coefficient (Wildman–Crippen LogP) is 2.86. The number of aryl methyl sites for hydroxylation is 2. The summed E-state index contributed by atoms with van der Waals surface area (Å²) >= 11 is 0. The van der Waals surface area contributed by atoms with Crippen LogP contribution in [0.25, 0.3) is 0 Å². The first kappa shape index (κ1) is 22.7. The summed E-state index contributed by atoms with van der Waals surface area (Å²) in [6.45, 7) is 13.4. The SMILES string of the molecule is Cc1cc(N2CCN(C(=O)CCNC(=O)c3ccc(C(C)(C)C)cc3)CC2)nc(C)n1. The average Bonchev–Trinajstić information content (AvgIpc) is 2.72. The minimum Gasteiger partial charge on any atom is -0.353 e. The monoisotopic (exact) mass is 423 g/mol. The summed E-state index contributed by atoms with van der Waals surface area (Å²) in [6.07, 6.45) is 0.303. The van der Waals surface area contributed by atoms with Crippen LogP contribution in [0.5, 0.6) is 0 Å². The van der Waals surface area contributed by atoms with Crippen molar-refractivity contribution >= 4 is 17.6 Å². The number of aromatic nitrogens is 2. The number of hydrogen-bond donors (Lipinski definition) is 1. The molecular weight excluding hydrogens is 390 g/mol. The minimum atomic E-state index is -0.146. The standard InChI is InChI=1S/C24H33N5O2/c1-17-16-21(27-18(2)26-17)28-12-14-29(15-13-28)22(30)10-11-25-23(31)19-6-8-20(9-7-19)24(3,4)5/h6-9,16H,10-15H2,1-5H3,(H,25,31). The van der Waals surface area contributed by atoms with Gasteiger partial charge >= 0.3 is 0 Å². The molecule has 0 radical (unpaired) electrons. The van der Waals surface area contributed by atoms with Gasteiger partial charge in [-0.15, -0.1) is 0 Å².